The molecule has 9 heteroatoms. The van der Waals surface area contributed by atoms with Crippen LogP contribution in [0.25, 0.3) is 0 Å². The molecule has 0 radical (unpaired) electrons. The Labute approximate surface area is 147 Å². The van der Waals surface area contributed by atoms with Crippen molar-refractivity contribution in [1.29, 1.82) is 0 Å². The molecule has 1 aliphatic rings. The number of benzene rings is 2. The van der Waals surface area contributed by atoms with Crippen LogP contribution in [0.3, 0.4) is 0 Å². The largest absolute Gasteiger partial charge is 0.397 e. The molecule has 0 fully saturated rings. The lowest BCUT2D eigenvalue weighted by molar-refractivity contribution is 0.0979. The van der Waals surface area contributed by atoms with Gasteiger partial charge in [-0.3, -0.25) is 14.1 Å². The van der Waals surface area contributed by atoms with Crippen LogP contribution in [0.2, 0.25) is 0 Å². The Morgan fingerprint density at radius 2 is 1.52 bits per heavy atom. The first-order valence-electron chi connectivity index (χ1n) is 6.11. The fourth-order valence-corrected chi connectivity index (χ4v) is 4.28. The van der Waals surface area contributed by atoms with Crippen molar-refractivity contribution >= 4 is 59.2 Å². The Kier molecular flexibility index (Phi) is 3.71. The molecule has 6 nitrogen and oxygen atoms in total. The minimum Gasteiger partial charge on any atom is -0.397 e. The third-order valence-corrected chi connectivity index (χ3v) is 5.63. The molecule has 23 heavy (non-hydrogen) atoms. The van der Waals surface area contributed by atoms with Gasteiger partial charge >= 0.3 is 0 Å². The summed E-state index contributed by atoms with van der Waals surface area (Å²) in [6, 6.07) is 4.78. The van der Waals surface area contributed by atoms with Gasteiger partial charge in [0.15, 0.2) is 11.6 Å². The summed E-state index contributed by atoms with van der Waals surface area (Å²) >= 11 is 6.44. The lowest BCUT2D eigenvalue weighted by atomic mass is 9.83. The van der Waals surface area contributed by atoms with Gasteiger partial charge in [-0.25, -0.2) is 0 Å². The number of hydrogen-bond acceptors (Lipinski definition) is 5. The molecule has 3 N–H and O–H groups in total. The molecular weight excluding hydrogens is 454 g/mol. The molecule has 1 aliphatic carbocycles. The van der Waals surface area contributed by atoms with E-state index in [1.807, 2.05) is 0 Å². The summed E-state index contributed by atoms with van der Waals surface area (Å²) in [5.41, 5.74) is 6.10. The SMILES string of the molecule is Nc1c(Br)cc(Br)c2c1C(=O)c1ccc(S(=O)(=O)O)cc1C2=O. The maximum absolute atomic E-state index is 12.7. The van der Waals surface area contributed by atoms with Crippen molar-refractivity contribution in [2.75, 3.05) is 5.73 Å². The van der Waals surface area contributed by atoms with Crippen molar-refractivity contribution in [2.45, 2.75) is 4.90 Å². The number of carbonyl (C=O) groups excluding carboxylic acids is 2. The van der Waals surface area contributed by atoms with Gasteiger partial charge < -0.3 is 5.73 Å². The number of halogens is 2. The summed E-state index contributed by atoms with van der Waals surface area (Å²) < 4.78 is 32.4. The minimum absolute atomic E-state index is 0.0339. The third kappa shape index (κ3) is 2.44. The fraction of sp³-hybridized carbons (Fsp3) is 0. The summed E-state index contributed by atoms with van der Waals surface area (Å²) in [4.78, 5) is 24.9. The third-order valence-electron chi connectivity index (χ3n) is 3.50. The van der Waals surface area contributed by atoms with Crippen molar-refractivity contribution in [3.05, 3.63) is 55.5 Å². The van der Waals surface area contributed by atoms with E-state index in [4.69, 9.17) is 10.3 Å². The van der Waals surface area contributed by atoms with E-state index in [2.05, 4.69) is 31.9 Å². The number of anilines is 1. The number of rotatable bonds is 1. The smallest absolute Gasteiger partial charge is 0.294 e. The topological polar surface area (TPSA) is 115 Å². The molecular formula is C14H7Br2NO5S. The first kappa shape index (κ1) is 16.3. The Hall–Kier alpha value is -1.55. The first-order chi connectivity index (χ1) is 10.6. The van der Waals surface area contributed by atoms with Gasteiger partial charge in [-0.2, -0.15) is 8.42 Å². The molecule has 3 rings (SSSR count). The second-order valence-electron chi connectivity index (χ2n) is 4.84. The summed E-state index contributed by atoms with van der Waals surface area (Å²) in [5, 5.41) is 0. The Morgan fingerprint density at radius 3 is 2.13 bits per heavy atom. The van der Waals surface area contributed by atoms with E-state index >= 15 is 0 Å². The zero-order valence-electron chi connectivity index (χ0n) is 11.1. The monoisotopic (exact) mass is 459 g/mol. The Balaban J connectivity index is 2.36. The van der Waals surface area contributed by atoms with Crippen molar-refractivity contribution in [3.63, 3.8) is 0 Å². The van der Waals surface area contributed by atoms with Crippen molar-refractivity contribution in [3.8, 4) is 0 Å². The molecule has 0 aliphatic heterocycles. The summed E-state index contributed by atoms with van der Waals surface area (Å²) in [7, 11) is -4.49. The highest BCUT2D eigenvalue weighted by molar-refractivity contribution is 9.11. The second-order valence-corrected chi connectivity index (χ2v) is 7.97. The maximum Gasteiger partial charge on any atom is 0.294 e. The van der Waals surface area contributed by atoms with Crippen molar-refractivity contribution < 1.29 is 22.6 Å². The van der Waals surface area contributed by atoms with Crippen LogP contribution in [0.4, 0.5) is 5.69 Å². The Morgan fingerprint density at radius 1 is 0.913 bits per heavy atom. The number of hydrogen-bond donors (Lipinski definition) is 2. The normalized spacial score (nSPS) is 13.7. The van der Waals surface area contributed by atoms with Gasteiger partial charge in [-0.1, -0.05) is 0 Å². The van der Waals surface area contributed by atoms with E-state index in [1.54, 1.807) is 0 Å². The molecule has 0 amide bonds. The molecule has 2 aromatic rings. The highest BCUT2D eigenvalue weighted by Gasteiger charge is 2.34. The average Bonchev–Trinajstić information content (AvgIpc) is 2.47. The maximum atomic E-state index is 12.7. The molecule has 118 valence electrons. The molecule has 0 aromatic heterocycles. The predicted octanol–water partition coefficient (Wildman–Crippen LogP) is 2.82. The minimum atomic E-state index is -4.49. The molecule has 0 atom stereocenters. The van der Waals surface area contributed by atoms with Gasteiger partial charge in [0.2, 0.25) is 0 Å². The number of nitrogens with two attached hydrogens (primary N) is 1. The van der Waals surface area contributed by atoms with Crippen LogP contribution in [0.5, 0.6) is 0 Å². The summed E-state index contributed by atoms with van der Waals surface area (Å²) in [6.07, 6.45) is 0. The van der Waals surface area contributed by atoms with E-state index in [0.717, 1.165) is 12.1 Å². The second kappa shape index (κ2) is 5.23. The van der Waals surface area contributed by atoms with Gasteiger partial charge in [-0.05, 0) is 56.1 Å². The van der Waals surface area contributed by atoms with Crippen molar-refractivity contribution in [1.82, 2.24) is 0 Å². The quantitative estimate of drug-likeness (QED) is 0.426. The van der Waals surface area contributed by atoms with Gasteiger partial charge in [0.05, 0.1) is 21.7 Å². The van der Waals surface area contributed by atoms with Crippen molar-refractivity contribution in [2.24, 2.45) is 0 Å². The lowest BCUT2D eigenvalue weighted by Crippen LogP contribution is -2.23. The van der Waals surface area contributed by atoms with E-state index in [1.165, 1.54) is 12.1 Å². The molecule has 0 saturated carbocycles. The summed E-state index contributed by atoms with van der Waals surface area (Å²) in [6.45, 7) is 0. The standard InChI is InChI=1S/C14H7Br2NO5S/c15-8-4-9(16)12(17)11-10(8)14(19)7-3-5(23(20,21)22)1-2-6(7)13(11)18/h1-4H,17H2,(H,20,21,22). The molecule has 2 aromatic carbocycles. The first-order valence-corrected chi connectivity index (χ1v) is 9.14. The van der Waals surface area contributed by atoms with Gasteiger partial charge in [0.25, 0.3) is 10.1 Å². The highest BCUT2D eigenvalue weighted by Crippen LogP contribution is 2.39. The number of fused-ring (bicyclic) bond motifs is 2. The zero-order valence-corrected chi connectivity index (χ0v) is 15.1. The Bertz CT molecular complexity index is 1010. The van der Waals surface area contributed by atoms with E-state index < -0.39 is 26.6 Å². The molecule has 0 saturated heterocycles. The van der Waals surface area contributed by atoms with E-state index in [0.29, 0.717) is 8.95 Å². The van der Waals surface area contributed by atoms with E-state index in [-0.39, 0.29) is 27.9 Å². The molecule has 0 spiro atoms. The molecule has 0 heterocycles. The number of carbonyl (C=O) groups is 2. The van der Waals surface area contributed by atoms with Crippen LogP contribution in [-0.2, 0) is 10.1 Å². The lowest BCUT2D eigenvalue weighted by Gasteiger charge is -2.21. The van der Waals surface area contributed by atoms with Crippen LogP contribution in [0.1, 0.15) is 31.8 Å². The summed E-state index contributed by atoms with van der Waals surface area (Å²) in [5.74, 6) is -1.04. The van der Waals surface area contributed by atoms with Crippen LogP contribution >= 0.6 is 31.9 Å². The number of ketones is 2. The van der Waals surface area contributed by atoms with Crippen LogP contribution < -0.4 is 5.73 Å². The predicted molar refractivity (Wildman–Crippen MR) is 89.4 cm³/mol. The van der Waals surface area contributed by atoms with Gasteiger partial charge in [0.1, 0.15) is 0 Å². The fourth-order valence-electron chi connectivity index (χ4n) is 2.43. The average molecular weight is 461 g/mol. The highest BCUT2D eigenvalue weighted by atomic mass is 79.9. The number of nitrogen functional groups attached to an aromatic ring is 1. The van der Waals surface area contributed by atoms with E-state index in [9.17, 15) is 18.0 Å². The molecule has 0 bridgehead atoms. The van der Waals surface area contributed by atoms with Gasteiger partial charge in [-0.15, -0.1) is 0 Å². The molecule has 0 unspecified atom stereocenters. The van der Waals surface area contributed by atoms with Crippen LogP contribution in [-0.4, -0.2) is 24.5 Å². The zero-order chi connectivity index (χ0) is 17.1. The van der Waals surface area contributed by atoms with Gasteiger partial charge in [0, 0.05) is 20.1 Å². The van der Waals surface area contributed by atoms with Crippen LogP contribution in [0, 0.1) is 0 Å². The van der Waals surface area contributed by atoms with Crippen LogP contribution in [0.15, 0.2) is 38.1 Å².